The van der Waals surface area contributed by atoms with Gasteiger partial charge in [-0.3, -0.25) is 9.59 Å². The molecule has 0 radical (unpaired) electrons. The van der Waals surface area contributed by atoms with E-state index >= 15 is 0 Å². The second-order valence-electron chi connectivity index (χ2n) is 5.13. The minimum atomic E-state index is -0.168. The van der Waals surface area contributed by atoms with Gasteiger partial charge in [-0.15, -0.1) is 0 Å². The van der Waals surface area contributed by atoms with Crippen LogP contribution in [-0.4, -0.2) is 11.6 Å². The second kappa shape index (κ2) is 4.06. The van der Waals surface area contributed by atoms with E-state index in [0.29, 0.717) is 5.02 Å². The van der Waals surface area contributed by atoms with Gasteiger partial charge in [-0.2, -0.15) is 0 Å². The normalized spacial score (nSPS) is 34.1. The van der Waals surface area contributed by atoms with E-state index in [2.05, 4.69) is 0 Å². The first-order chi connectivity index (χ1) is 8.59. The van der Waals surface area contributed by atoms with Crippen LogP contribution < -0.4 is 0 Å². The molecule has 0 heterocycles. The third kappa shape index (κ3) is 1.56. The molecule has 0 amide bonds. The molecule has 1 fully saturated rings. The molecule has 1 saturated carbocycles. The van der Waals surface area contributed by atoms with Crippen LogP contribution in [0.3, 0.4) is 0 Å². The Kier molecular flexibility index (Phi) is 2.63. The van der Waals surface area contributed by atoms with Crippen molar-refractivity contribution in [2.45, 2.75) is 12.8 Å². The van der Waals surface area contributed by atoms with E-state index in [-0.39, 0.29) is 35.2 Å². The highest BCUT2D eigenvalue weighted by Gasteiger charge is 2.55. The Morgan fingerprint density at radius 3 is 2.06 bits per heavy atom. The maximum atomic E-state index is 11.9. The maximum absolute atomic E-state index is 11.9. The largest absolute Gasteiger partial charge is 0.295 e. The Hall–Kier alpha value is -1.41. The topological polar surface area (TPSA) is 34.1 Å². The van der Waals surface area contributed by atoms with Crippen LogP contribution in [0.25, 0.3) is 0 Å². The molecule has 1 aromatic rings. The average Bonchev–Trinajstić information content (AvgIpc) is 2.34. The van der Waals surface area contributed by atoms with E-state index in [9.17, 15) is 9.59 Å². The summed E-state index contributed by atoms with van der Waals surface area (Å²) in [5.74, 6) is 0.253. The highest BCUT2D eigenvalue weighted by molar-refractivity contribution is 6.30. The lowest BCUT2D eigenvalue weighted by Crippen LogP contribution is -2.52. The van der Waals surface area contributed by atoms with Crippen molar-refractivity contribution >= 4 is 23.2 Å². The van der Waals surface area contributed by atoms with Crippen molar-refractivity contribution < 1.29 is 9.59 Å². The average molecular weight is 261 g/mol. The van der Waals surface area contributed by atoms with Gasteiger partial charge in [0, 0.05) is 16.9 Å². The predicted octanol–water partition coefficient (Wildman–Crippen LogP) is 3.01. The van der Waals surface area contributed by atoms with E-state index < -0.39 is 0 Å². The lowest BCUT2D eigenvalue weighted by atomic mass is 9.51. The molecule has 0 spiro atoms. The number of rotatable bonds is 1. The molecule has 2 aliphatic carbocycles. The zero-order chi connectivity index (χ0) is 12.9. The first-order valence-corrected chi connectivity index (χ1v) is 6.48. The molecule has 92 valence electrons. The molecule has 4 atom stereocenters. The minimum absolute atomic E-state index is 0.0812. The van der Waals surface area contributed by atoms with Crippen LogP contribution in [0, 0.1) is 17.8 Å². The molecule has 0 aromatic heterocycles. The number of allylic oxidation sites excluding steroid dienone is 2. The molecular formula is C15H13ClO2. The van der Waals surface area contributed by atoms with E-state index in [1.807, 2.05) is 31.2 Å². The molecule has 3 rings (SSSR count). The highest BCUT2D eigenvalue weighted by atomic mass is 35.5. The molecule has 0 aliphatic heterocycles. The Morgan fingerprint density at radius 2 is 1.44 bits per heavy atom. The van der Waals surface area contributed by atoms with Gasteiger partial charge in [-0.1, -0.05) is 30.7 Å². The number of hydrogen-bond donors (Lipinski definition) is 0. The van der Waals surface area contributed by atoms with Crippen molar-refractivity contribution in [3.05, 3.63) is 47.0 Å². The summed E-state index contributed by atoms with van der Waals surface area (Å²) in [6.07, 6.45) is 2.86. The molecule has 3 heteroatoms. The molecule has 1 aromatic carbocycles. The summed E-state index contributed by atoms with van der Waals surface area (Å²) in [4.78, 5) is 23.7. The third-order valence-electron chi connectivity index (χ3n) is 4.23. The summed E-state index contributed by atoms with van der Waals surface area (Å²) in [5.41, 5.74) is 1.10. The van der Waals surface area contributed by atoms with Crippen molar-refractivity contribution in [1.82, 2.24) is 0 Å². The van der Waals surface area contributed by atoms with Crippen LogP contribution in [0.15, 0.2) is 36.4 Å². The van der Waals surface area contributed by atoms with Crippen LogP contribution in [0.1, 0.15) is 18.4 Å². The first kappa shape index (κ1) is 11.7. The second-order valence-corrected chi connectivity index (χ2v) is 5.56. The van der Waals surface area contributed by atoms with Crippen LogP contribution in [0.5, 0.6) is 0 Å². The van der Waals surface area contributed by atoms with Gasteiger partial charge in [-0.25, -0.2) is 0 Å². The highest BCUT2D eigenvalue weighted by Crippen LogP contribution is 2.54. The summed E-state index contributed by atoms with van der Waals surface area (Å²) >= 11 is 5.87. The Bertz CT molecular complexity index is 544. The fourth-order valence-electron chi connectivity index (χ4n) is 3.33. The Balaban J connectivity index is 1.95. The zero-order valence-electron chi connectivity index (χ0n) is 9.97. The van der Waals surface area contributed by atoms with Gasteiger partial charge in [0.05, 0.1) is 0 Å². The van der Waals surface area contributed by atoms with Crippen LogP contribution in [0.4, 0.5) is 0 Å². The lowest BCUT2D eigenvalue weighted by Gasteiger charge is -2.50. The number of carbonyl (C=O) groups is 2. The Morgan fingerprint density at radius 1 is 0.889 bits per heavy atom. The number of hydrogen-bond acceptors (Lipinski definition) is 2. The lowest BCUT2D eigenvalue weighted by molar-refractivity contribution is -0.141. The number of ketones is 2. The summed E-state index contributed by atoms with van der Waals surface area (Å²) in [7, 11) is 0. The van der Waals surface area contributed by atoms with Gasteiger partial charge in [0.2, 0.25) is 0 Å². The van der Waals surface area contributed by atoms with Gasteiger partial charge in [0.15, 0.2) is 11.6 Å². The zero-order valence-corrected chi connectivity index (χ0v) is 10.7. The molecule has 0 N–H and O–H groups in total. The molecule has 0 saturated heterocycles. The smallest absolute Gasteiger partial charge is 0.160 e. The van der Waals surface area contributed by atoms with Crippen molar-refractivity contribution in [2.75, 3.05) is 0 Å². The third-order valence-corrected chi connectivity index (χ3v) is 4.48. The van der Waals surface area contributed by atoms with Crippen molar-refractivity contribution in [1.29, 1.82) is 0 Å². The molecule has 18 heavy (non-hydrogen) atoms. The fraction of sp³-hybridized carbons (Fsp3) is 0.333. The maximum Gasteiger partial charge on any atom is 0.160 e. The first-order valence-electron chi connectivity index (χ1n) is 6.11. The molecule has 2 nitrogen and oxygen atoms in total. The van der Waals surface area contributed by atoms with Crippen molar-refractivity contribution in [2.24, 2.45) is 17.8 Å². The number of fused-ring (bicyclic) bond motifs is 1. The predicted molar refractivity (Wildman–Crippen MR) is 69.5 cm³/mol. The molecular weight excluding hydrogens is 248 g/mol. The molecule has 2 aliphatic rings. The van der Waals surface area contributed by atoms with Crippen LogP contribution in [0.2, 0.25) is 5.02 Å². The minimum Gasteiger partial charge on any atom is -0.295 e. The summed E-state index contributed by atoms with van der Waals surface area (Å²) in [5, 5.41) is 0.688. The monoisotopic (exact) mass is 260 g/mol. The standard InChI is InChI=1S/C15H13ClO2/c1-8-13(9-2-4-10(16)5-3-9)15-12(18)7-6-11(17)14(8)15/h2-8,13-15H,1H3/t8-,13+,14+,15+/m1/s1. The van der Waals surface area contributed by atoms with Crippen LogP contribution >= 0.6 is 11.6 Å². The summed E-state index contributed by atoms with van der Waals surface area (Å²) < 4.78 is 0. The number of halogens is 1. The number of carbonyl (C=O) groups excluding carboxylic acids is 2. The quantitative estimate of drug-likeness (QED) is 0.778. The molecule has 0 bridgehead atoms. The summed E-state index contributed by atoms with van der Waals surface area (Å²) in [6.45, 7) is 2.05. The van der Waals surface area contributed by atoms with Gasteiger partial charge < -0.3 is 0 Å². The summed E-state index contributed by atoms with van der Waals surface area (Å²) in [6, 6.07) is 7.58. The van der Waals surface area contributed by atoms with E-state index in [1.165, 1.54) is 12.2 Å². The van der Waals surface area contributed by atoms with E-state index in [1.54, 1.807) is 0 Å². The molecule has 0 unspecified atom stereocenters. The van der Waals surface area contributed by atoms with Crippen molar-refractivity contribution in [3.63, 3.8) is 0 Å². The van der Waals surface area contributed by atoms with Gasteiger partial charge in [-0.05, 0) is 41.7 Å². The van der Waals surface area contributed by atoms with Gasteiger partial charge >= 0.3 is 0 Å². The van der Waals surface area contributed by atoms with Gasteiger partial charge in [0.25, 0.3) is 0 Å². The van der Waals surface area contributed by atoms with Crippen molar-refractivity contribution in [3.8, 4) is 0 Å². The van der Waals surface area contributed by atoms with E-state index in [0.717, 1.165) is 5.56 Å². The number of benzene rings is 1. The SMILES string of the molecule is C[C@H]1[C@H]2C(=O)C=CC(=O)[C@H]2[C@@H]1c1ccc(Cl)cc1. The van der Waals surface area contributed by atoms with Crippen LogP contribution in [-0.2, 0) is 9.59 Å². The van der Waals surface area contributed by atoms with E-state index in [4.69, 9.17) is 11.6 Å². The van der Waals surface area contributed by atoms with Gasteiger partial charge in [0.1, 0.15) is 0 Å². The Labute approximate surface area is 111 Å². The fourth-order valence-corrected chi connectivity index (χ4v) is 3.45.